The zero-order valence-corrected chi connectivity index (χ0v) is 11.2. The predicted octanol–water partition coefficient (Wildman–Crippen LogP) is 2.45. The first-order valence-electron chi connectivity index (χ1n) is 5.11. The van der Waals surface area contributed by atoms with Gasteiger partial charge in [-0.15, -0.1) is 0 Å². The van der Waals surface area contributed by atoms with Crippen molar-refractivity contribution in [2.24, 2.45) is 0 Å². The van der Waals surface area contributed by atoms with Crippen LogP contribution in [0.15, 0.2) is 18.5 Å². The van der Waals surface area contributed by atoms with Crippen LogP contribution >= 0.6 is 23.1 Å². The third kappa shape index (κ3) is 2.72. The minimum atomic E-state index is -1.14. The van der Waals surface area contributed by atoms with Crippen LogP contribution in [0, 0.1) is 6.92 Å². The molecule has 0 bridgehead atoms. The number of hydrogen-bond donors (Lipinski definition) is 2. The number of anilines is 1. The largest absolute Gasteiger partial charge is 0.478 e. The maximum absolute atomic E-state index is 12.0. The Morgan fingerprint density at radius 3 is 2.84 bits per heavy atom. The van der Waals surface area contributed by atoms with Gasteiger partial charge in [-0.25, -0.2) is 4.79 Å². The molecule has 2 heterocycles. The van der Waals surface area contributed by atoms with Crippen molar-refractivity contribution in [3.8, 4) is 0 Å². The molecule has 6 nitrogen and oxygen atoms in total. The Labute approximate surface area is 117 Å². The summed E-state index contributed by atoms with van der Waals surface area (Å²) < 4.78 is 3.91. The molecular formula is C11H8ClN3O3S. The molecule has 0 unspecified atom stereocenters. The second-order valence-corrected chi connectivity index (χ2v) is 4.77. The number of aromatic carboxylic acids is 1. The monoisotopic (exact) mass is 297 g/mol. The summed E-state index contributed by atoms with van der Waals surface area (Å²) in [5, 5.41) is 11.9. The van der Waals surface area contributed by atoms with E-state index in [1.54, 1.807) is 6.92 Å². The molecule has 0 fully saturated rings. The molecule has 0 atom stereocenters. The van der Waals surface area contributed by atoms with E-state index in [0.29, 0.717) is 5.69 Å². The predicted molar refractivity (Wildman–Crippen MR) is 71.0 cm³/mol. The Balaban J connectivity index is 2.30. The molecule has 8 heteroatoms. The Hall–Kier alpha value is -1.99. The van der Waals surface area contributed by atoms with Crippen LogP contribution in [0.5, 0.6) is 0 Å². The number of pyridine rings is 1. The second kappa shape index (κ2) is 5.33. The van der Waals surface area contributed by atoms with Crippen molar-refractivity contribution in [1.29, 1.82) is 0 Å². The van der Waals surface area contributed by atoms with Crippen molar-refractivity contribution in [2.45, 2.75) is 6.92 Å². The smallest absolute Gasteiger partial charge is 0.340 e. The fourth-order valence-electron chi connectivity index (χ4n) is 1.44. The van der Waals surface area contributed by atoms with Gasteiger partial charge in [-0.1, -0.05) is 11.6 Å². The highest BCUT2D eigenvalue weighted by molar-refractivity contribution is 7.11. The van der Waals surface area contributed by atoms with Crippen LogP contribution < -0.4 is 5.32 Å². The number of rotatable bonds is 3. The molecular weight excluding hydrogens is 290 g/mol. The van der Waals surface area contributed by atoms with Crippen LogP contribution in [-0.4, -0.2) is 26.3 Å². The number of carbonyl (C=O) groups excluding carboxylic acids is 1. The maximum atomic E-state index is 12.0. The number of halogens is 1. The van der Waals surface area contributed by atoms with E-state index in [0.717, 1.165) is 11.5 Å². The van der Waals surface area contributed by atoms with Gasteiger partial charge in [0.05, 0.1) is 16.3 Å². The Bertz CT molecular complexity index is 656. The highest BCUT2D eigenvalue weighted by Crippen LogP contribution is 2.25. The normalized spacial score (nSPS) is 10.2. The fourth-order valence-corrected chi connectivity index (χ4v) is 2.43. The summed E-state index contributed by atoms with van der Waals surface area (Å²) in [6, 6.07) is 1.45. The van der Waals surface area contributed by atoms with Crippen LogP contribution in [0.1, 0.15) is 26.4 Å². The highest BCUT2D eigenvalue weighted by Gasteiger charge is 2.20. The summed E-state index contributed by atoms with van der Waals surface area (Å²) in [4.78, 5) is 26.8. The average Bonchev–Trinajstić information content (AvgIpc) is 2.70. The molecule has 19 heavy (non-hydrogen) atoms. The van der Waals surface area contributed by atoms with Gasteiger partial charge in [0.25, 0.3) is 5.91 Å². The van der Waals surface area contributed by atoms with Gasteiger partial charge in [0, 0.05) is 12.4 Å². The third-order valence-corrected chi connectivity index (χ3v) is 3.48. The minimum Gasteiger partial charge on any atom is -0.478 e. The van der Waals surface area contributed by atoms with E-state index >= 15 is 0 Å². The van der Waals surface area contributed by atoms with Crippen LogP contribution in [0.3, 0.4) is 0 Å². The summed E-state index contributed by atoms with van der Waals surface area (Å²) in [5.74, 6) is -1.64. The molecule has 2 aromatic heterocycles. The molecule has 0 radical (unpaired) electrons. The molecule has 2 rings (SSSR count). The molecule has 0 saturated carbocycles. The fraction of sp³-hybridized carbons (Fsp3) is 0.0909. The van der Waals surface area contributed by atoms with E-state index in [9.17, 15) is 9.59 Å². The van der Waals surface area contributed by atoms with Crippen LogP contribution in [0.25, 0.3) is 0 Å². The van der Waals surface area contributed by atoms with E-state index < -0.39 is 11.9 Å². The SMILES string of the molecule is Cc1nsc(NC(=O)c2ccncc2Cl)c1C(=O)O. The molecule has 98 valence electrons. The van der Waals surface area contributed by atoms with Gasteiger partial charge in [-0.2, -0.15) is 4.37 Å². The number of hydrogen-bond acceptors (Lipinski definition) is 5. The zero-order valence-electron chi connectivity index (χ0n) is 9.68. The quantitative estimate of drug-likeness (QED) is 0.908. The topological polar surface area (TPSA) is 92.2 Å². The average molecular weight is 298 g/mol. The number of nitrogens with one attached hydrogen (secondary N) is 1. The van der Waals surface area contributed by atoms with E-state index in [2.05, 4.69) is 14.7 Å². The van der Waals surface area contributed by atoms with Gasteiger partial charge < -0.3 is 10.4 Å². The lowest BCUT2D eigenvalue weighted by Crippen LogP contribution is -2.14. The maximum Gasteiger partial charge on any atom is 0.340 e. The first-order valence-corrected chi connectivity index (χ1v) is 6.26. The van der Waals surface area contributed by atoms with E-state index in [1.165, 1.54) is 18.5 Å². The molecule has 0 spiro atoms. The number of nitrogens with zero attached hydrogens (tertiary/aromatic N) is 2. The van der Waals surface area contributed by atoms with E-state index in [4.69, 9.17) is 16.7 Å². The molecule has 1 amide bonds. The van der Waals surface area contributed by atoms with Crippen LogP contribution in [-0.2, 0) is 0 Å². The number of carboxylic acid groups (broad SMARTS) is 1. The standard InChI is InChI=1S/C11H8ClN3O3S/c1-5-8(11(17)18)10(19-15-5)14-9(16)6-2-3-13-4-7(6)12/h2-4H,1H3,(H,14,16)(H,17,18). The minimum absolute atomic E-state index is 0.0106. The molecule has 0 aromatic carbocycles. The lowest BCUT2D eigenvalue weighted by Gasteiger charge is -2.04. The van der Waals surface area contributed by atoms with Gasteiger partial charge in [0.1, 0.15) is 10.6 Å². The zero-order chi connectivity index (χ0) is 14.0. The van der Waals surface area contributed by atoms with Crippen molar-refractivity contribution < 1.29 is 14.7 Å². The van der Waals surface area contributed by atoms with Gasteiger partial charge in [-0.05, 0) is 24.5 Å². The summed E-state index contributed by atoms with van der Waals surface area (Å²) >= 11 is 6.75. The summed E-state index contributed by atoms with van der Waals surface area (Å²) in [6.07, 6.45) is 2.77. The van der Waals surface area contributed by atoms with Crippen molar-refractivity contribution in [2.75, 3.05) is 5.32 Å². The third-order valence-electron chi connectivity index (χ3n) is 2.32. The molecule has 2 N–H and O–H groups in total. The van der Waals surface area contributed by atoms with Crippen molar-refractivity contribution in [1.82, 2.24) is 9.36 Å². The van der Waals surface area contributed by atoms with E-state index in [1.807, 2.05) is 0 Å². The van der Waals surface area contributed by atoms with Crippen LogP contribution in [0.2, 0.25) is 5.02 Å². The Morgan fingerprint density at radius 2 is 2.21 bits per heavy atom. The molecule has 0 aliphatic heterocycles. The number of aromatic nitrogens is 2. The van der Waals surface area contributed by atoms with Crippen molar-refractivity contribution >= 4 is 40.0 Å². The number of amides is 1. The molecule has 0 aliphatic rings. The number of carboxylic acids is 1. The van der Waals surface area contributed by atoms with Gasteiger partial charge in [0.2, 0.25) is 0 Å². The second-order valence-electron chi connectivity index (χ2n) is 3.59. The highest BCUT2D eigenvalue weighted by atomic mass is 35.5. The first kappa shape index (κ1) is 13.4. The number of aryl methyl sites for hydroxylation is 1. The molecule has 0 saturated heterocycles. The van der Waals surface area contributed by atoms with Crippen molar-refractivity contribution in [3.63, 3.8) is 0 Å². The lowest BCUT2D eigenvalue weighted by atomic mass is 10.2. The van der Waals surface area contributed by atoms with E-state index in [-0.39, 0.29) is 21.2 Å². The van der Waals surface area contributed by atoms with Crippen molar-refractivity contribution in [3.05, 3.63) is 40.3 Å². The lowest BCUT2D eigenvalue weighted by molar-refractivity contribution is 0.0697. The first-order chi connectivity index (χ1) is 9.00. The van der Waals surface area contributed by atoms with Gasteiger partial charge >= 0.3 is 5.97 Å². The Kier molecular flexibility index (Phi) is 3.77. The summed E-state index contributed by atoms with van der Waals surface area (Å²) in [6.45, 7) is 1.56. The van der Waals surface area contributed by atoms with Crippen LogP contribution in [0.4, 0.5) is 5.00 Å². The molecule has 2 aromatic rings. The summed E-state index contributed by atoms with van der Waals surface area (Å²) in [5.41, 5.74) is 0.566. The Morgan fingerprint density at radius 1 is 1.47 bits per heavy atom. The summed E-state index contributed by atoms with van der Waals surface area (Å²) in [7, 11) is 0. The number of carbonyl (C=O) groups is 2. The molecule has 0 aliphatic carbocycles. The van der Waals surface area contributed by atoms with Gasteiger partial charge in [-0.3, -0.25) is 9.78 Å². The van der Waals surface area contributed by atoms with Gasteiger partial charge in [0.15, 0.2) is 0 Å².